The first-order valence-electron chi connectivity index (χ1n) is 22.9. The summed E-state index contributed by atoms with van der Waals surface area (Å²) in [5.74, 6) is -0.221. The maximum atomic E-state index is 14.4. The Morgan fingerprint density at radius 1 is 0.921 bits per heavy atom. The number of benzene rings is 1. The number of esters is 2. The molecule has 13 nitrogen and oxygen atoms in total. The van der Waals surface area contributed by atoms with Crippen LogP contribution in [0.2, 0.25) is 18.1 Å². The number of nitrogens with one attached hydrogen (secondary N) is 1. The van der Waals surface area contributed by atoms with Crippen LogP contribution in [-0.4, -0.2) is 98.4 Å². The minimum atomic E-state index is -2.60. The molecular formula is C49H79NO12Si. The van der Waals surface area contributed by atoms with Crippen LogP contribution in [0.3, 0.4) is 0 Å². The van der Waals surface area contributed by atoms with Crippen molar-refractivity contribution >= 4 is 32.1 Å². The molecule has 0 radical (unpaired) electrons. The Morgan fingerprint density at radius 3 is 2.08 bits per heavy atom. The summed E-state index contributed by atoms with van der Waals surface area (Å²) in [4.78, 5) is 53.5. The first-order valence-corrected chi connectivity index (χ1v) is 25.8. The summed E-state index contributed by atoms with van der Waals surface area (Å²) >= 11 is 0. The van der Waals surface area contributed by atoms with Gasteiger partial charge in [0.05, 0.1) is 19.1 Å². The van der Waals surface area contributed by atoms with Crippen molar-refractivity contribution in [3.63, 3.8) is 0 Å². The molecule has 1 fully saturated rings. The molecule has 14 heteroatoms. The first-order chi connectivity index (χ1) is 29.6. The molecule has 63 heavy (non-hydrogen) atoms. The van der Waals surface area contributed by atoms with Crippen LogP contribution in [0.25, 0.3) is 0 Å². The molecule has 1 aliphatic heterocycles. The van der Waals surface area contributed by atoms with E-state index in [4.69, 9.17) is 28.1 Å². The highest BCUT2D eigenvalue weighted by molar-refractivity contribution is 6.74. The lowest BCUT2D eigenvalue weighted by Gasteiger charge is -2.37. The normalized spacial score (nSPS) is 16.0. The van der Waals surface area contributed by atoms with Crippen molar-refractivity contribution in [2.45, 2.75) is 186 Å². The van der Waals surface area contributed by atoms with E-state index >= 15 is 0 Å². The third kappa shape index (κ3) is 20.3. The Hall–Kier alpha value is -3.74. The third-order valence-electron chi connectivity index (χ3n) is 11.6. The molecule has 1 saturated heterocycles. The fourth-order valence-electron chi connectivity index (χ4n) is 6.89. The topological polar surface area (TPSA) is 176 Å². The quantitative estimate of drug-likeness (QED) is 0.0229. The molecule has 3 atom stereocenters. The van der Waals surface area contributed by atoms with Crippen LogP contribution in [-0.2, 0) is 49.0 Å². The number of hydrogen-bond acceptors (Lipinski definition) is 11. The van der Waals surface area contributed by atoms with Crippen LogP contribution >= 0.6 is 0 Å². The number of amides is 1. The Labute approximate surface area is 378 Å². The van der Waals surface area contributed by atoms with Gasteiger partial charge in [-0.15, -0.1) is 5.92 Å². The van der Waals surface area contributed by atoms with Crippen LogP contribution < -0.4 is 10.1 Å². The van der Waals surface area contributed by atoms with Gasteiger partial charge in [-0.2, -0.15) is 0 Å². The number of aliphatic hydroxyl groups is 1. The van der Waals surface area contributed by atoms with Crippen molar-refractivity contribution in [1.82, 2.24) is 5.32 Å². The molecule has 356 valence electrons. The molecule has 1 aliphatic rings. The summed E-state index contributed by atoms with van der Waals surface area (Å²) in [6.45, 7) is 19.8. The van der Waals surface area contributed by atoms with Gasteiger partial charge in [-0.05, 0) is 89.2 Å². The van der Waals surface area contributed by atoms with E-state index in [2.05, 4.69) is 44.9 Å². The molecule has 1 heterocycles. The Morgan fingerprint density at radius 2 is 1.52 bits per heavy atom. The highest BCUT2D eigenvalue weighted by Crippen LogP contribution is 2.37. The number of hydrogen-bond donors (Lipinski definition) is 3. The van der Waals surface area contributed by atoms with Crippen LogP contribution in [0.5, 0.6) is 5.75 Å². The maximum Gasteiger partial charge on any atom is 0.344 e. The van der Waals surface area contributed by atoms with Gasteiger partial charge in [0.25, 0.3) is 0 Å². The summed E-state index contributed by atoms with van der Waals surface area (Å²) in [6.07, 6.45) is 14.4. The smallest absolute Gasteiger partial charge is 0.344 e. The van der Waals surface area contributed by atoms with Crippen molar-refractivity contribution in [2.75, 3.05) is 33.0 Å². The van der Waals surface area contributed by atoms with E-state index in [9.17, 15) is 29.4 Å². The van der Waals surface area contributed by atoms with E-state index in [0.29, 0.717) is 30.9 Å². The number of carboxylic acids is 1. The summed E-state index contributed by atoms with van der Waals surface area (Å²) in [5.41, 5.74) is -2.81. The molecule has 1 aromatic rings. The van der Waals surface area contributed by atoms with Crippen LogP contribution in [0, 0.1) is 17.8 Å². The largest absolute Gasteiger partial charge is 0.481 e. The van der Waals surface area contributed by atoms with Gasteiger partial charge in [0.2, 0.25) is 5.91 Å². The van der Waals surface area contributed by atoms with Gasteiger partial charge >= 0.3 is 17.9 Å². The summed E-state index contributed by atoms with van der Waals surface area (Å²) in [6, 6.07) is 5.43. The number of aliphatic carboxylic acids is 1. The molecule has 0 spiro atoms. The van der Waals surface area contributed by atoms with E-state index in [1.165, 1.54) is 31.8 Å². The van der Waals surface area contributed by atoms with Crippen LogP contribution in [0.1, 0.15) is 144 Å². The second-order valence-electron chi connectivity index (χ2n) is 19.0. The molecule has 0 aromatic heterocycles. The monoisotopic (exact) mass is 902 g/mol. The highest BCUT2D eigenvalue weighted by Gasteiger charge is 2.48. The zero-order valence-corrected chi connectivity index (χ0v) is 41.0. The van der Waals surface area contributed by atoms with Gasteiger partial charge in [-0.25, -0.2) is 14.4 Å². The van der Waals surface area contributed by atoms with Gasteiger partial charge in [-0.3, -0.25) is 4.79 Å². The third-order valence-corrected chi connectivity index (χ3v) is 16.1. The van der Waals surface area contributed by atoms with E-state index in [1.54, 1.807) is 58.0 Å². The van der Waals surface area contributed by atoms with Gasteiger partial charge in [0, 0.05) is 32.3 Å². The Bertz CT molecular complexity index is 1650. The fraction of sp³-hybridized carbons (Fsp3) is 0.714. The average molecular weight is 902 g/mol. The van der Waals surface area contributed by atoms with Crippen molar-refractivity contribution in [3.8, 4) is 17.6 Å². The number of unbranched alkanes of at least 4 members (excludes halogenated alkanes) is 8. The molecule has 0 unspecified atom stereocenters. The predicted octanol–water partition coefficient (Wildman–Crippen LogP) is 8.85. The molecule has 0 saturated carbocycles. The summed E-state index contributed by atoms with van der Waals surface area (Å²) in [7, 11) is -2.36. The van der Waals surface area contributed by atoms with E-state index in [-0.39, 0.29) is 31.1 Å². The number of rotatable bonds is 29. The number of ether oxygens (including phenoxy) is 5. The van der Waals surface area contributed by atoms with Crippen molar-refractivity contribution in [3.05, 3.63) is 42.0 Å². The van der Waals surface area contributed by atoms with Gasteiger partial charge in [-0.1, -0.05) is 96.4 Å². The van der Waals surface area contributed by atoms with Gasteiger partial charge < -0.3 is 43.6 Å². The minimum absolute atomic E-state index is 0.0828. The summed E-state index contributed by atoms with van der Waals surface area (Å²) < 4.78 is 34.7. The maximum absolute atomic E-state index is 14.4. The molecule has 3 N–H and O–H groups in total. The fourth-order valence-corrected chi connectivity index (χ4v) is 7.94. The molecule has 0 aliphatic carbocycles. The van der Waals surface area contributed by atoms with E-state index in [0.717, 1.165) is 44.9 Å². The van der Waals surface area contributed by atoms with E-state index in [1.807, 2.05) is 13.1 Å². The van der Waals surface area contributed by atoms with Gasteiger partial charge in [0.15, 0.2) is 26.3 Å². The van der Waals surface area contributed by atoms with Gasteiger partial charge in [0.1, 0.15) is 24.0 Å². The lowest BCUT2D eigenvalue weighted by atomic mass is 9.83. The molecule has 2 rings (SSSR count). The Balaban J connectivity index is 2.31. The Kier molecular flexibility index (Phi) is 23.7. The lowest BCUT2D eigenvalue weighted by Crippen LogP contribution is -2.55. The molecular weight excluding hydrogens is 823 g/mol. The lowest BCUT2D eigenvalue weighted by molar-refractivity contribution is -0.170. The van der Waals surface area contributed by atoms with Crippen molar-refractivity contribution < 1.29 is 57.5 Å². The van der Waals surface area contributed by atoms with Crippen LogP contribution in [0.15, 0.2) is 36.4 Å². The second kappa shape index (κ2) is 26.9. The molecule has 1 amide bonds. The number of carbonyl (C=O) groups excluding carboxylic acids is 3. The summed E-state index contributed by atoms with van der Waals surface area (Å²) in [5, 5.41) is 25.0. The number of carboxylic acid groups (broad SMARTS) is 1. The average Bonchev–Trinajstić information content (AvgIpc) is 3.67. The zero-order valence-electron chi connectivity index (χ0n) is 40.0. The molecule has 1 aromatic carbocycles. The SMILES string of the molecule is CC#CCOc1ccc(C[C@H](NC(=O)[C@@H](C=CCCCCCCC2(CCCCCCC)OCCO2)[C@@](O)(CCO[Si](C)(C)C(C)(C)C)C(=O)O)C(=O)OCC(=O)OC(C)(C)C)cc1. The highest BCUT2D eigenvalue weighted by atomic mass is 28.4. The predicted molar refractivity (Wildman–Crippen MR) is 247 cm³/mol. The van der Waals surface area contributed by atoms with E-state index < -0.39 is 67.7 Å². The van der Waals surface area contributed by atoms with Crippen molar-refractivity contribution in [2.24, 2.45) is 5.92 Å². The number of carbonyl (C=O) groups is 4. The second-order valence-corrected chi connectivity index (χ2v) is 23.8. The van der Waals surface area contributed by atoms with Crippen LogP contribution in [0.4, 0.5) is 0 Å². The van der Waals surface area contributed by atoms with Crippen molar-refractivity contribution in [1.29, 1.82) is 0 Å². The number of allylic oxidation sites excluding steroid dienone is 1. The standard InChI is InChI=1S/C49H79NO12Si/c1-11-13-15-19-22-29-48(59-34-35-60-48)30-23-20-17-16-18-21-24-40(49(56,45(54)55)31-33-61-63(9,10)47(6,7)8)43(52)50-41(44(53)58-37-42(51)62-46(3,4)5)36-38-25-27-39(28-26-38)57-32-14-12-2/h21,24-28,40-41,56H,11,13,15-20,22-23,29-37H2,1-10H3,(H,50,52)(H,54,55)/t40-,41+,49+/m1/s1. The zero-order chi connectivity index (χ0) is 47.2. The first kappa shape index (κ1) is 55.4. The molecule has 0 bridgehead atoms. The minimum Gasteiger partial charge on any atom is -0.481 e.